The van der Waals surface area contributed by atoms with Gasteiger partial charge >= 0.3 is 0 Å². The molecule has 0 fully saturated rings. The Bertz CT molecular complexity index is 770. The second-order valence-corrected chi connectivity index (χ2v) is 6.53. The first-order valence-corrected chi connectivity index (χ1v) is 8.59. The SMILES string of the molecule is Oc1cc(O)cc(CCc2ccc(CCc3cc(O)cc(O)c3)cc2)c1. The predicted molar refractivity (Wildman–Crippen MR) is 101 cm³/mol. The maximum Gasteiger partial charge on any atom is 0.119 e. The maximum atomic E-state index is 9.52. The Hall–Kier alpha value is -3.14. The molecule has 0 aliphatic carbocycles. The lowest BCUT2D eigenvalue weighted by molar-refractivity contribution is 0.448. The lowest BCUT2D eigenvalue weighted by atomic mass is 10.00. The molecule has 0 aromatic heterocycles. The molecule has 0 unspecified atom stereocenters. The van der Waals surface area contributed by atoms with Crippen LogP contribution in [0.4, 0.5) is 0 Å². The molecular weight excluding hydrogens is 328 g/mol. The summed E-state index contributed by atoms with van der Waals surface area (Å²) in [6.45, 7) is 0. The molecule has 0 atom stereocenters. The first-order valence-electron chi connectivity index (χ1n) is 8.59. The van der Waals surface area contributed by atoms with E-state index in [4.69, 9.17) is 0 Å². The molecule has 0 aliphatic heterocycles. The molecule has 0 heterocycles. The zero-order valence-corrected chi connectivity index (χ0v) is 14.4. The van der Waals surface area contributed by atoms with Gasteiger partial charge in [0.1, 0.15) is 23.0 Å². The predicted octanol–water partition coefficient (Wildman–Crippen LogP) is 4.08. The molecule has 4 heteroatoms. The van der Waals surface area contributed by atoms with Gasteiger partial charge in [0.15, 0.2) is 0 Å². The molecule has 3 aromatic carbocycles. The van der Waals surface area contributed by atoms with E-state index in [1.54, 1.807) is 24.3 Å². The highest BCUT2D eigenvalue weighted by Gasteiger charge is 2.03. The lowest BCUT2D eigenvalue weighted by Gasteiger charge is -2.07. The highest BCUT2D eigenvalue weighted by atomic mass is 16.3. The standard InChI is InChI=1S/C22H22O4/c23-19-9-17(10-20(24)13-19)7-5-15-1-2-16(4-3-15)6-8-18-11-21(25)14-22(26)12-18/h1-4,9-14,23-26H,5-8H2. The van der Waals surface area contributed by atoms with Gasteiger partial charge in [-0.15, -0.1) is 0 Å². The van der Waals surface area contributed by atoms with Crippen molar-refractivity contribution in [3.8, 4) is 23.0 Å². The fourth-order valence-corrected chi connectivity index (χ4v) is 3.05. The van der Waals surface area contributed by atoms with Crippen molar-refractivity contribution >= 4 is 0 Å². The summed E-state index contributed by atoms with van der Waals surface area (Å²) < 4.78 is 0. The van der Waals surface area contributed by atoms with Crippen molar-refractivity contribution < 1.29 is 20.4 Å². The third kappa shape index (κ3) is 4.93. The highest BCUT2D eigenvalue weighted by Crippen LogP contribution is 2.23. The van der Waals surface area contributed by atoms with E-state index in [1.807, 2.05) is 0 Å². The monoisotopic (exact) mass is 350 g/mol. The van der Waals surface area contributed by atoms with Gasteiger partial charge in [-0.05, 0) is 72.2 Å². The number of hydrogen-bond acceptors (Lipinski definition) is 4. The van der Waals surface area contributed by atoms with Crippen molar-refractivity contribution in [3.63, 3.8) is 0 Å². The van der Waals surface area contributed by atoms with Gasteiger partial charge < -0.3 is 20.4 Å². The summed E-state index contributed by atoms with van der Waals surface area (Å²) in [6, 6.07) is 17.6. The zero-order chi connectivity index (χ0) is 18.5. The summed E-state index contributed by atoms with van der Waals surface area (Å²) in [4.78, 5) is 0. The lowest BCUT2D eigenvalue weighted by Crippen LogP contribution is -1.94. The number of phenols is 4. The van der Waals surface area contributed by atoms with Crippen LogP contribution in [0.3, 0.4) is 0 Å². The summed E-state index contributed by atoms with van der Waals surface area (Å²) >= 11 is 0. The van der Waals surface area contributed by atoms with Gasteiger partial charge in [-0.1, -0.05) is 24.3 Å². The fraction of sp³-hybridized carbons (Fsp3) is 0.182. The molecule has 0 amide bonds. The van der Waals surface area contributed by atoms with Crippen LogP contribution in [0.15, 0.2) is 60.7 Å². The molecule has 134 valence electrons. The first-order chi connectivity index (χ1) is 12.5. The van der Waals surface area contributed by atoms with Gasteiger partial charge in [0.05, 0.1) is 0 Å². The molecular formula is C22H22O4. The Balaban J connectivity index is 1.56. The van der Waals surface area contributed by atoms with Gasteiger partial charge in [0, 0.05) is 12.1 Å². The zero-order valence-electron chi connectivity index (χ0n) is 14.4. The van der Waals surface area contributed by atoms with Crippen LogP contribution in [0.2, 0.25) is 0 Å². The number of rotatable bonds is 6. The third-order valence-corrected chi connectivity index (χ3v) is 4.35. The van der Waals surface area contributed by atoms with E-state index in [2.05, 4.69) is 24.3 Å². The summed E-state index contributed by atoms with van der Waals surface area (Å²) in [7, 11) is 0. The Morgan fingerprint density at radius 2 is 0.654 bits per heavy atom. The Kier molecular flexibility index (Phi) is 5.32. The van der Waals surface area contributed by atoms with Gasteiger partial charge in [0.25, 0.3) is 0 Å². The Morgan fingerprint density at radius 3 is 0.962 bits per heavy atom. The molecule has 4 nitrogen and oxygen atoms in total. The molecule has 26 heavy (non-hydrogen) atoms. The van der Waals surface area contributed by atoms with Crippen molar-refractivity contribution in [1.82, 2.24) is 0 Å². The number of aryl methyl sites for hydroxylation is 4. The first kappa shape index (κ1) is 17.7. The van der Waals surface area contributed by atoms with E-state index in [-0.39, 0.29) is 23.0 Å². The van der Waals surface area contributed by atoms with E-state index < -0.39 is 0 Å². The second-order valence-electron chi connectivity index (χ2n) is 6.53. The van der Waals surface area contributed by atoms with E-state index in [9.17, 15) is 20.4 Å². The molecule has 3 aromatic rings. The van der Waals surface area contributed by atoms with Gasteiger partial charge in [-0.25, -0.2) is 0 Å². The molecule has 0 saturated heterocycles. The van der Waals surface area contributed by atoms with E-state index >= 15 is 0 Å². The molecule has 0 bridgehead atoms. The van der Waals surface area contributed by atoms with Crippen molar-refractivity contribution in [3.05, 3.63) is 82.9 Å². The van der Waals surface area contributed by atoms with Gasteiger partial charge in [0.2, 0.25) is 0 Å². The Morgan fingerprint density at radius 1 is 0.385 bits per heavy atom. The van der Waals surface area contributed by atoms with Crippen LogP contribution in [0.5, 0.6) is 23.0 Å². The summed E-state index contributed by atoms with van der Waals surface area (Å²) in [5.74, 6) is 0.309. The third-order valence-electron chi connectivity index (χ3n) is 4.35. The summed E-state index contributed by atoms with van der Waals surface area (Å²) in [5, 5.41) is 38.1. The van der Waals surface area contributed by atoms with Crippen LogP contribution in [0.1, 0.15) is 22.3 Å². The van der Waals surface area contributed by atoms with Crippen LogP contribution in [-0.2, 0) is 25.7 Å². The number of aromatic hydroxyl groups is 4. The molecule has 0 aliphatic rings. The molecule has 0 saturated carbocycles. The van der Waals surface area contributed by atoms with Crippen LogP contribution in [0, 0.1) is 0 Å². The van der Waals surface area contributed by atoms with Gasteiger partial charge in [-0.3, -0.25) is 0 Å². The molecule has 0 spiro atoms. The smallest absolute Gasteiger partial charge is 0.119 e. The van der Waals surface area contributed by atoms with E-state index in [0.717, 1.165) is 36.8 Å². The van der Waals surface area contributed by atoms with Gasteiger partial charge in [-0.2, -0.15) is 0 Å². The summed E-state index contributed by atoms with van der Waals surface area (Å²) in [6.07, 6.45) is 3.13. The number of phenolic OH excluding ortho intramolecular Hbond substituents is 4. The van der Waals surface area contributed by atoms with Crippen molar-refractivity contribution in [2.45, 2.75) is 25.7 Å². The van der Waals surface area contributed by atoms with Crippen LogP contribution in [-0.4, -0.2) is 20.4 Å². The summed E-state index contributed by atoms with van der Waals surface area (Å²) in [5.41, 5.74) is 4.17. The normalized spacial score (nSPS) is 10.8. The number of benzene rings is 3. The van der Waals surface area contributed by atoms with Crippen LogP contribution in [0.25, 0.3) is 0 Å². The fourth-order valence-electron chi connectivity index (χ4n) is 3.05. The Labute approximate surface area is 152 Å². The average molecular weight is 350 g/mol. The van der Waals surface area contributed by atoms with E-state index in [1.165, 1.54) is 23.3 Å². The van der Waals surface area contributed by atoms with E-state index in [0.29, 0.717) is 0 Å². The van der Waals surface area contributed by atoms with Crippen LogP contribution >= 0.6 is 0 Å². The second kappa shape index (κ2) is 7.83. The topological polar surface area (TPSA) is 80.9 Å². The largest absolute Gasteiger partial charge is 0.508 e. The minimum Gasteiger partial charge on any atom is -0.508 e. The van der Waals surface area contributed by atoms with Crippen molar-refractivity contribution in [2.24, 2.45) is 0 Å². The van der Waals surface area contributed by atoms with Crippen LogP contribution < -0.4 is 0 Å². The minimum absolute atomic E-state index is 0.0772. The highest BCUT2D eigenvalue weighted by molar-refractivity contribution is 5.38. The molecule has 4 N–H and O–H groups in total. The minimum atomic E-state index is 0.0772. The average Bonchev–Trinajstić information content (AvgIpc) is 2.57. The van der Waals surface area contributed by atoms with Crippen molar-refractivity contribution in [1.29, 1.82) is 0 Å². The maximum absolute atomic E-state index is 9.52. The van der Waals surface area contributed by atoms with Crippen molar-refractivity contribution in [2.75, 3.05) is 0 Å². The quantitative estimate of drug-likeness (QED) is 0.540. The molecule has 0 radical (unpaired) electrons. The molecule has 3 rings (SSSR count). The number of hydrogen-bond donors (Lipinski definition) is 4.